The molecule has 1 saturated carbocycles. The molecule has 2 aromatic heterocycles. The van der Waals surface area contributed by atoms with Gasteiger partial charge in [-0.1, -0.05) is 4.49 Å². The van der Waals surface area contributed by atoms with E-state index in [0.717, 1.165) is 19.5 Å². The van der Waals surface area contributed by atoms with Crippen molar-refractivity contribution in [1.29, 1.82) is 0 Å². The molecule has 3 heterocycles. The molecule has 2 aliphatic rings. The molecule has 2 aromatic rings. The van der Waals surface area contributed by atoms with Gasteiger partial charge in [0.05, 0.1) is 0 Å². The van der Waals surface area contributed by atoms with E-state index in [1.165, 1.54) is 29.9 Å². The first-order chi connectivity index (χ1) is 10.8. The van der Waals surface area contributed by atoms with E-state index in [0.29, 0.717) is 23.7 Å². The Kier molecular flexibility index (Phi) is 5.01. The predicted octanol–water partition coefficient (Wildman–Crippen LogP) is 2.81. The Morgan fingerprint density at radius 3 is 2.87 bits per heavy atom. The topological polar surface area (TPSA) is 58.1 Å². The van der Waals surface area contributed by atoms with Gasteiger partial charge < -0.3 is 10.2 Å². The van der Waals surface area contributed by atoms with Crippen molar-refractivity contribution >= 4 is 41.2 Å². The average molecular weight is 371 g/mol. The van der Waals surface area contributed by atoms with Gasteiger partial charge in [-0.05, 0) is 71.7 Å². The maximum Gasteiger partial charge on any atom is 0.275 e. The molecular weight excluding hydrogens is 352 g/mol. The number of piperidine rings is 1. The fraction of sp³-hybridized carbons (Fsp3) is 0.533. The molecule has 124 valence electrons. The van der Waals surface area contributed by atoms with E-state index < -0.39 is 0 Å². The minimum Gasteiger partial charge on any atom is -0.329 e. The molecule has 1 aliphatic carbocycles. The number of aromatic nitrogens is 2. The number of carbonyl (C=O) groups is 1. The van der Waals surface area contributed by atoms with Crippen LogP contribution in [0.1, 0.15) is 35.3 Å². The van der Waals surface area contributed by atoms with E-state index >= 15 is 0 Å². The first-order valence-electron chi connectivity index (χ1n) is 7.58. The van der Waals surface area contributed by atoms with Crippen LogP contribution in [0.4, 0.5) is 0 Å². The van der Waals surface area contributed by atoms with E-state index in [-0.39, 0.29) is 18.3 Å². The Morgan fingerprint density at radius 2 is 2.22 bits per heavy atom. The number of hydrogen-bond acceptors (Lipinski definition) is 6. The molecule has 5 nitrogen and oxygen atoms in total. The first kappa shape index (κ1) is 16.8. The summed E-state index contributed by atoms with van der Waals surface area (Å²) in [6, 6.07) is 2.45. The second-order valence-corrected chi connectivity index (χ2v) is 7.58. The smallest absolute Gasteiger partial charge is 0.275 e. The lowest BCUT2D eigenvalue weighted by atomic mass is 9.93. The molecule has 23 heavy (non-hydrogen) atoms. The number of halogens is 1. The molecule has 0 radical (unpaired) electrons. The van der Waals surface area contributed by atoms with Crippen molar-refractivity contribution in [2.75, 3.05) is 13.1 Å². The number of thiophene rings is 1. The zero-order valence-corrected chi connectivity index (χ0v) is 15.1. The lowest BCUT2D eigenvalue weighted by Crippen LogP contribution is -2.39. The molecule has 8 heteroatoms. The molecule has 1 unspecified atom stereocenters. The average Bonchev–Trinajstić information content (AvgIpc) is 3.02. The van der Waals surface area contributed by atoms with Crippen LogP contribution >= 0.6 is 35.3 Å². The minimum atomic E-state index is 0. The van der Waals surface area contributed by atoms with Gasteiger partial charge in [-0.2, -0.15) is 11.3 Å². The number of nitrogens with zero attached hydrogens (tertiary/aromatic N) is 3. The van der Waals surface area contributed by atoms with Gasteiger partial charge in [-0.3, -0.25) is 4.79 Å². The van der Waals surface area contributed by atoms with Gasteiger partial charge in [-0.25, -0.2) is 0 Å². The zero-order chi connectivity index (χ0) is 15.0. The predicted molar refractivity (Wildman–Crippen MR) is 94.3 cm³/mol. The van der Waals surface area contributed by atoms with E-state index in [4.69, 9.17) is 0 Å². The van der Waals surface area contributed by atoms with E-state index in [1.54, 1.807) is 16.7 Å². The highest BCUT2D eigenvalue weighted by Crippen LogP contribution is 2.56. The van der Waals surface area contributed by atoms with Crippen molar-refractivity contribution in [2.24, 2.45) is 5.41 Å². The maximum absolute atomic E-state index is 12.9. The normalized spacial score (nSPS) is 21.7. The Morgan fingerprint density at radius 1 is 1.39 bits per heavy atom. The molecule has 0 bridgehead atoms. The number of rotatable bonds is 4. The Bertz CT molecular complexity index is 641. The molecule has 4 rings (SSSR count). The van der Waals surface area contributed by atoms with Crippen LogP contribution in [-0.2, 0) is 6.54 Å². The highest BCUT2D eigenvalue weighted by atomic mass is 35.5. The third-order valence-corrected chi connectivity index (χ3v) is 6.13. The van der Waals surface area contributed by atoms with Gasteiger partial charge in [0.25, 0.3) is 5.91 Å². The molecule has 1 amide bonds. The lowest BCUT2D eigenvalue weighted by Gasteiger charge is -2.29. The molecule has 1 aliphatic heterocycles. The largest absolute Gasteiger partial charge is 0.329 e. The summed E-state index contributed by atoms with van der Waals surface area (Å²) in [5.74, 6) is 0.0281. The number of carbonyl (C=O) groups excluding carboxylic acids is 1. The Balaban J connectivity index is 0.00000156. The van der Waals surface area contributed by atoms with Gasteiger partial charge in [0.2, 0.25) is 0 Å². The summed E-state index contributed by atoms with van der Waals surface area (Å²) in [5.41, 5.74) is 2.02. The standard InChI is InChI=1S/C15H18N4OS2.ClH/c20-14(12-10-22-18-17-12)19(8-11-1-6-21-9-11)13-7-15(13)2-4-16-5-3-15;/h1,6,9-10,13,16H,2-5,7-8H2;1H. The van der Waals surface area contributed by atoms with Crippen LogP contribution in [0, 0.1) is 5.41 Å². The summed E-state index contributed by atoms with van der Waals surface area (Å²) in [5, 5.41) is 13.3. The second-order valence-electron chi connectivity index (χ2n) is 6.19. The van der Waals surface area contributed by atoms with Gasteiger partial charge in [0.1, 0.15) is 0 Å². The third kappa shape index (κ3) is 3.28. The monoisotopic (exact) mass is 370 g/mol. The van der Waals surface area contributed by atoms with Crippen molar-refractivity contribution < 1.29 is 4.79 Å². The summed E-state index contributed by atoms with van der Waals surface area (Å²) < 4.78 is 3.84. The maximum atomic E-state index is 12.9. The number of hydrogen-bond donors (Lipinski definition) is 1. The molecule has 1 spiro atoms. The van der Waals surface area contributed by atoms with Crippen molar-refractivity contribution in [3.63, 3.8) is 0 Å². The van der Waals surface area contributed by atoms with Gasteiger partial charge in [0.15, 0.2) is 5.69 Å². The van der Waals surface area contributed by atoms with Gasteiger partial charge in [-0.15, -0.1) is 17.5 Å². The highest BCUT2D eigenvalue weighted by molar-refractivity contribution is 7.08. The van der Waals surface area contributed by atoms with Crippen LogP contribution in [0.2, 0.25) is 0 Å². The van der Waals surface area contributed by atoms with Crippen LogP contribution in [0.25, 0.3) is 0 Å². The van der Waals surface area contributed by atoms with E-state index in [9.17, 15) is 4.79 Å². The third-order valence-electron chi connectivity index (χ3n) is 4.90. The molecule has 1 N–H and O–H groups in total. The lowest BCUT2D eigenvalue weighted by molar-refractivity contribution is 0.0686. The molecule has 1 saturated heterocycles. The van der Waals surface area contributed by atoms with Crippen molar-refractivity contribution in [2.45, 2.75) is 31.8 Å². The van der Waals surface area contributed by atoms with Crippen molar-refractivity contribution in [3.8, 4) is 0 Å². The Labute approximate surface area is 149 Å². The van der Waals surface area contributed by atoms with Crippen LogP contribution in [-0.4, -0.2) is 39.5 Å². The molecule has 1 atom stereocenters. The minimum absolute atomic E-state index is 0. The highest BCUT2D eigenvalue weighted by Gasteiger charge is 2.57. The van der Waals surface area contributed by atoms with Crippen molar-refractivity contribution in [1.82, 2.24) is 19.8 Å². The van der Waals surface area contributed by atoms with E-state index in [2.05, 4.69) is 31.7 Å². The summed E-state index contributed by atoms with van der Waals surface area (Å²) in [4.78, 5) is 14.9. The SMILES string of the molecule is Cl.O=C(c1csnn1)N(Cc1ccsc1)C1CC12CCNCC2. The number of nitrogens with one attached hydrogen (secondary N) is 1. The summed E-state index contributed by atoms with van der Waals surface area (Å²) in [6.45, 7) is 2.81. The van der Waals surface area contributed by atoms with Crippen molar-refractivity contribution in [3.05, 3.63) is 33.5 Å². The Hall–Kier alpha value is -1.02. The second kappa shape index (κ2) is 6.84. The fourth-order valence-corrected chi connectivity index (χ4v) is 4.63. The fourth-order valence-electron chi connectivity index (χ4n) is 3.54. The van der Waals surface area contributed by atoms with Gasteiger partial charge in [0, 0.05) is 18.0 Å². The van der Waals surface area contributed by atoms with Gasteiger partial charge >= 0.3 is 0 Å². The zero-order valence-electron chi connectivity index (χ0n) is 12.6. The quantitative estimate of drug-likeness (QED) is 0.899. The van der Waals surface area contributed by atoms with Crippen LogP contribution < -0.4 is 5.32 Å². The van der Waals surface area contributed by atoms with E-state index in [1.807, 2.05) is 4.90 Å². The molecule has 0 aromatic carbocycles. The van der Waals surface area contributed by atoms with Crippen LogP contribution in [0.5, 0.6) is 0 Å². The summed E-state index contributed by atoms with van der Waals surface area (Å²) >= 11 is 2.91. The summed E-state index contributed by atoms with van der Waals surface area (Å²) in [6.07, 6.45) is 3.46. The van der Waals surface area contributed by atoms with Crippen LogP contribution in [0.3, 0.4) is 0 Å². The molecular formula is C15H19ClN4OS2. The van der Waals surface area contributed by atoms with Crippen LogP contribution in [0.15, 0.2) is 22.2 Å². The summed E-state index contributed by atoms with van der Waals surface area (Å²) in [7, 11) is 0. The first-order valence-corrected chi connectivity index (χ1v) is 9.36. The number of amides is 1. The molecule has 2 fully saturated rings.